The predicted octanol–water partition coefficient (Wildman–Crippen LogP) is 0.976. The molecule has 3 aromatic rings. The Labute approximate surface area is 98.4 Å². The van der Waals surface area contributed by atoms with Gasteiger partial charge in [-0.2, -0.15) is 11.3 Å². The van der Waals surface area contributed by atoms with Gasteiger partial charge in [0.1, 0.15) is 11.3 Å². The van der Waals surface area contributed by atoms with E-state index in [9.17, 15) is 9.59 Å². The summed E-state index contributed by atoms with van der Waals surface area (Å²) in [5, 5.41) is 3.94. The molecule has 0 radical (unpaired) electrons. The van der Waals surface area contributed by atoms with Crippen LogP contribution in [0.15, 0.2) is 20.3 Å². The fourth-order valence-corrected chi connectivity index (χ4v) is 2.50. The highest BCUT2D eigenvalue weighted by Gasteiger charge is 2.11. The second-order valence-corrected chi connectivity index (χ2v) is 4.43. The molecule has 0 spiro atoms. The highest BCUT2D eigenvalue weighted by atomic mass is 32.1. The Balaban J connectivity index is 2.35. The van der Waals surface area contributed by atoms with Crippen molar-refractivity contribution in [2.24, 2.45) is 0 Å². The Morgan fingerprint density at radius 1 is 1.18 bits per heavy atom. The van der Waals surface area contributed by atoms with Crippen molar-refractivity contribution in [2.75, 3.05) is 0 Å². The number of aryl methyl sites for hydroxylation is 1. The van der Waals surface area contributed by atoms with Crippen LogP contribution in [0, 0.1) is 6.92 Å². The fraction of sp³-hybridized carbons (Fsp3) is 0.100. The number of rotatable bonds is 1. The van der Waals surface area contributed by atoms with E-state index in [4.69, 9.17) is 0 Å². The van der Waals surface area contributed by atoms with Gasteiger partial charge in [0.2, 0.25) is 0 Å². The number of hydrogen-bond donors (Lipinski definition) is 3. The summed E-state index contributed by atoms with van der Waals surface area (Å²) in [6.45, 7) is 1.96. The fourth-order valence-electron chi connectivity index (χ4n) is 1.66. The van der Waals surface area contributed by atoms with E-state index in [1.54, 1.807) is 11.3 Å². The van der Waals surface area contributed by atoms with Crippen LogP contribution in [0.2, 0.25) is 0 Å². The van der Waals surface area contributed by atoms with Crippen LogP contribution < -0.4 is 11.2 Å². The minimum atomic E-state index is -0.553. The summed E-state index contributed by atoms with van der Waals surface area (Å²) in [6, 6.07) is 0. The molecule has 17 heavy (non-hydrogen) atoms. The molecule has 0 aliphatic carbocycles. The number of nitrogens with zero attached hydrogens (tertiary/aromatic N) is 1. The molecule has 0 saturated carbocycles. The third kappa shape index (κ3) is 1.51. The first-order valence-corrected chi connectivity index (χ1v) is 5.85. The number of hydrogen-bond acceptors (Lipinski definition) is 4. The predicted molar refractivity (Wildman–Crippen MR) is 65.4 cm³/mol. The van der Waals surface area contributed by atoms with Gasteiger partial charge >= 0.3 is 5.69 Å². The van der Waals surface area contributed by atoms with Gasteiger partial charge in [0.15, 0.2) is 5.65 Å². The SMILES string of the molecule is Cc1cscc1-c1nc2[nH]c(=O)[nH]c(=O)c2[nH]1. The lowest BCUT2D eigenvalue weighted by molar-refractivity contribution is 1.07. The van der Waals surface area contributed by atoms with Crippen LogP contribution >= 0.6 is 11.3 Å². The normalized spacial score (nSPS) is 11.1. The third-order valence-electron chi connectivity index (χ3n) is 2.50. The van der Waals surface area contributed by atoms with Crippen molar-refractivity contribution >= 4 is 22.5 Å². The highest BCUT2D eigenvalue weighted by Crippen LogP contribution is 2.24. The summed E-state index contributed by atoms with van der Waals surface area (Å²) >= 11 is 1.56. The van der Waals surface area contributed by atoms with E-state index < -0.39 is 11.2 Å². The standard InChI is InChI=1S/C10H8N4O2S/c1-4-2-17-3-5(4)7-11-6-8(12-7)13-10(16)14-9(6)15/h2-3H,1H3,(H3,11,12,13,14,15,16). The Morgan fingerprint density at radius 2 is 2.00 bits per heavy atom. The van der Waals surface area contributed by atoms with Crippen LogP contribution in [0.5, 0.6) is 0 Å². The lowest BCUT2D eigenvalue weighted by Gasteiger charge is -1.91. The molecule has 0 unspecified atom stereocenters. The zero-order valence-electron chi connectivity index (χ0n) is 8.83. The van der Waals surface area contributed by atoms with Gasteiger partial charge in [-0.3, -0.25) is 14.8 Å². The third-order valence-corrected chi connectivity index (χ3v) is 3.36. The van der Waals surface area contributed by atoms with E-state index >= 15 is 0 Å². The molecular formula is C10H8N4O2S. The molecule has 3 N–H and O–H groups in total. The van der Waals surface area contributed by atoms with Gasteiger partial charge in [0.25, 0.3) is 5.56 Å². The lowest BCUT2D eigenvalue weighted by Crippen LogP contribution is -2.21. The minimum Gasteiger partial charge on any atom is -0.332 e. The molecule has 0 amide bonds. The molecule has 6 nitrogen and oxygen atoms in total. The topological polar surface area (TPSA) is 94.4 Å². The first-order chi connectivity index (χ1) is 8.15. The molecule has 0 saturated heterocycles. The Kier molecular flexibility index (Phi) is 2.02. The van der Waals surface area contributed by atoms with Crippen LogP contribution in [0.3, 0.4) is 0 Å². The van der Waals surface area contributed by atoms with E-state index in [1.165, 1.54) is 0 Å². The maximum Gasteiger partial charge on any atom is 0.327 e. The molecule has 0 fully saturated rings. The monoisotopic (exact) mass is 248 g/mol. The van der Waals surface area contributed by atoms with Crippen molar-refractivity contribution in [2.45, 2.75) is 6.92 Å². The molecule has 0 atom stereocenters. The van der Waals surface area contributed by atoms with Crippen LogP contribution in [-0.4, -0.2) is 19.9 Å². The highest BCUT2D eigenvalue weighted by molar-refractivity contribution is 7.08. The number of nitrogens with one attached hydrogen (secondary N) is 3. The molecule has 0 aromatic carbocycles. The smallest absolute Gasteiger partial charge is 0.327 e. The number of thiophene rings is 1. The molecule has 0 bridgehead atoms. The van der Waals surface area contributed by atoms with Gasteiger partial charge in [-0.15, -0.1) is 0 Å². The maximum absolute atomic E-state index is 11.5. The van der Waals surface area contributed by atoms with E-state index in [1.807, 2.05) is 17.7 Å². The quantitative estimate of drug-likeness (QED) is 0.599. The van der Waals surface area contributed by atoms with E-state index in [0.29, 0.717) is 5.82 Å². The Hall–Kier alpha value is -2.15. The molecule has 86 valence electrons. The van der Waals surface area contributed by atoms with Gasteiger partial charge in [0.05, 0.1) is 0 Å². The number of aromatic amines is 3. The number of aromatic nitrogens is 4. The van der Waals surface area contributed by atoms with Crippen LogP contribution in [0.4, 0.5) is 0 Å². The summed E-state index contributed by atoms with van der Waals surface area (Å²) in [5.41, 5.74) is 1.56. The molecular weight excluding hydrogens is 240 g/mol. The Morgan fingerprint density at radius 3 is 2.71 bits per heavy atom. The summed E-state index contributed by atoms with van der Waals surface area (Å²) in [4.78, 5) is 34.4. The van der Waals surface area contributed by atoms with E-state index in [-0.39, 0.29) is 11.2 Å². The number of fused-ring (bicyclic) bond motifs is 1. The molecule has 3 aromatic heterocycles. The molecule has 3 rings (SSSR count). The molecule has 0 aliphatic rings. The van der Waals surface area contributed by atoms with Crippen LogP contribution in [-0.2, 0) is 0 Å². The van der Waals surface area contributed by atoms with Crippen molar-refractivity contribution in [1.29, 1.82) is 0 Å². The van der Waals surface area contributed by atoms with Gasteiger partial charge in [-0.05, 0) is 17.9 Å². The van der Waals surface area contributed by atoms with Gasteiger partial charge in [-0.1, -0.05) is 0 Å². The average Bonchev–Trinajstić information content (AvgIpc) is 2.83. The summed E-state index contributed by atoms with van der Waals surface area (Å²) < 4.78 is 0. The minimum absolute atomic E-state index is 0.277. The molecule has 0 aliphatic heterocycles. The summed E-state index contributed by atoms with van der Waals surface area (Å²) in [7, 11) is 0. The maximum atomic E-state index is 11.5. The number of imidazole rings is 1. The molecule has 7 heteroatoms. The van der Waals surface area contributed by atoms with Crippen molar-refractivity contribution in [1.82, 2.24) is 19.9 Å². The largest absolute Gasteiger partial charge is 0.332 e. The van der Waals surface area contributed by atoms with Crippen molar-refractivity contribution < 1.29 is 0 Å². The van der Waals surface area contributed by atoms with Gasteiger partial charge in [0, 0.05) is 10.9 Å². The second kappa shape index (κ2) is 3.42. The average molecular weight is 248 g/mol. The summed E-state index contributed by atoms with van der Waals surface area (Å²) in [6.07, 6.45) is 0. The van der Waals surface area contributed by atoms with Crippen molar-refractivity contribution in [3.05, 3.63) is 37.2 Å². The van der Waals surface area contributed by atoms with Crippen molar-refractivity contribution in [3.8, 4) is 11.4 Å². The zero-order valence-corrected chi connectivity index (χ0v) is 9.64. The van der Waals surface area contributed by atoms with Crippen LogP contribution in [0.25, 0.3) is 22.6 Å². The van der Waals surface area contributed by atoms with Crippen molar-refractivity contribution in [3.63, 3.8) is 0 Å². The number of H-pyrrole nitrogens is 3. The Bertz CT molecular complexity index is 807. The van der Waals surface area contributed by atoms with Gasteiger partial charge < -0.3 is 4.98 Å². The first-order valence-electron chi connectivity index (χ1n) is 4.90. The van der Waals surface area contributed by atoms with E-state index in [0.717, 1.165) is 11.1 Å². The second-order valence-electron chi connectivity index (χ2n) is 3.69. The van der Waals surface area contributed by atoms with Gasteiger partial charge in [-0.25, -0.2) is 9.78 Å². The summed E-state index contributed by atoms with van der Waals surface area (Å²) in [5.74, 6) is 0.589. The van der Waals surface area contributed by atoms with E-state index in [2.05, 4.69) is 19.9 Å². The molecule has 3 heterocycles. The lowest BCUT2D eigenvalue weighted by atomic mass is 10.2. The van der Waals surface area contributed by atoms with Crippen LogP contribution in [0.1, 0.15) is 5.56 Å². The zero-order chi connectivity index (χ0) is 12.0. The first kappa shape index (κ1) is 10.0.